The van der Waals surface area contributed by atoms with E-state index in [0.29, 0.717) is 23.6 Å². The molecule has 174 valence electrons. The number of anilines is 2. The van der Waals surface area contributed by atoms with Gasteiger partial charge in [0.1, 0.15) is 5.75 Å². The monoisotopic (exact) mass is 504 g/mol. The molecule has 1 heterocycles. The molecule has 0 unspecified atom stereocenters. The van der Waals surface area contributed by atoms with E-state index in [1.165, 1.54) is 29.7 Å². The van der Waals surface area contributed by atoms with Gasteiger partial charge < -0.3 is 10.1 Å². The normalized spacial score (nSPS) is 10.9. The van der Waals surface area contributed by atoms with Crippen LogP contribution < -0.4 is 20.1 Å². The van der Waals surface area contributed by atoms with Crippen molar-refractivity contribution in [2.24, 2.45) is 0 Å². The van der Waals surface area contributed by atoms with Gasteiger partial charge in [0.05, 0.1) is 11.5 Å². The number of ether oxygens (including phenoxy) is 1. The lowest BCUT2D eigenvalue weighted by atomic mass is 10.2. The van der Waals surface area contributed by atoms with Crippen molar-refractivity contribution in [3.63, 3.8) is 0 Å². The number of sulfonamides is 1. The third-order valence-electron chi connectivity index (χ3n) is 4.44. The summed E-state index contributed by atoms with van der Waals surface area (Å²) in [7, 11) is -3.74. The number of nitrogens with one attached hydrogen (secondary N) is 3. The lowest BCUT2D eigenvalue weighted by Crippen LogP contribution is -2.34. The zero-order valence-corrected chi connectivity index (χ0v) is 20.4. The molecule has 0 atom stereocenters. The van der Waals surface area contributed by atoms with Crippen molar-refractivity contribution < 1.29 is 17.9 Å². The van der Waals surface area contributed by atoms with E-state index in [1.807, 2.05) is 0 Å². The molecule has 0 fully saturated rings. The minimum atomic E-state index is -3.74. The first kappa shape index (κ1) is 24.6. The first-order valence-electron chi connectivity index (χ1n) is 10.2. The third-order valence-corrected chi connectivity index (χ3v) is 6.81. The van der Waals surface area contributed by atoms with E-state index < -0.39 is 10.0 Å². The molecule has 0 aliphatic carbocycles. The molecule has 11 heteroatoms. The highest BCUT2D eigenvalue weighted by Gasteiger charge is 2.15. The summed E-state index contributed by atoms with van der Waals surface area (Å²) in [5, 5.41) is 7.53. The Morgan fingerprint density at radius 1 is 1.09 bits per heavy atom. The number of nitrogens with zero attached hydrogens (tertiary/aromatic N) is 1. The summed E-state index contributed by atoms with van der Waals surface area (Å²) in [5.41, 5.74) is 0.971. The number of carbonyl (C=O) groups excluding carboxylic acids is 1. The number of amides is 1. The lowest BCUT2D eigenvalue weighted by molar-refractivity contribution is 0.0977. The summed E-state index contributed by atoms with van der Waals surface area (Å²) in [6.45, 7) is 2.78. The van der Waals surface area contributed by atoms with Gasteiger partial charge in [-0.15, -0.1) is 11.3 Å². The molecule has 0 radical (unpaired) electrons. The van der Waals surface area contributed by atoms with Crippen LogP contribution in [0.3, 0.4) is 0 Å². The molecule has 0 aliphatic heterocycles. The second kappa shape index (κ2) is 11.7. The minimum Gasteiger partial charge on any atom is -0.494 e. The van der Waals surface area contributed by atoms with Crippen molar-refractivity contribution in [1.29, 1.82) is 0 Å². The maximum Gasteiger partial charge on any atom is 0.263 e. The summed E-state index contributed by atoms with van der Waals surface area (Å²) in [4.78, 5) is 16.4. The van der Waals surface area contributed by atoms with Crippen molar-refractivity contribution in [2.45, 2.75) is 31.1 Å². The fraction of sp³-hybridized carbons (Fsp3) is 0.227. The van der Waals surface area contributed by atoms with Crippen LogP contribution in [0, 0.1) is 0 Å². The van der Waals surface area contributed by atoms with Gasteiger partial charge >= 0.3 is 0 Å². The average Bonchev–Trinajstić information content (AvgIpc) is 3.30. The third kappa shape index (κ3) is 7.52. The van der Waals surface area contributed by atoms with Gasteiger partial charge in [-0.1, -0.05) is 19.8 Å². The maximum absolute atomic E-state index is 12.4. The smallest absolute Gasteiger partial charge is 0.263 e. The van der Waals surface area contributed by atoms with Crippen LogP contribution in [0.2, 0.25) is 0 Å². The van der Waals surface area contributed by atoms with Crippen molar-refractivity contribution >= 4 is 55.4 Å². The van der Waals surface area contributed by atoms with Crippen molar-refractivity contribution in [2.75, 3.05) is 16.6 Å². The number of unbranched alkanes of at least 4 members (excludes halogenated alkanes) is 2. The molecule has 0 saturated heterocycles. The Hall–Kier alpha value is -3.02. The van der Waals surface area contributed by atoms with E-state index in [2.05, 4.69) is 27.3 Å². The van der Waals surface area contributed by atoms with Crippen molar-refractivity contribution in [3.05, 3.63) is 65.7 Å². The number of thiocarbonyl (C=S) groups is 1. The van der Waals surface area contributed by atoms with Gasteiger partial charge in [0.25, 0.3) is 15.9 Å². The van der Waals surface area contributed by atoms with Crippen molar-refractivity contribution in [1.82, 2.24) is 10.3 Å². The van der Waals surface area contributed by atoms with Gasteiger partial charge in [-0.25, -0.2) is 13.4 Å². The van der Waals surface area contributed by atoms with Gasteiger partial charge in [-0.3, -0.25) is 14.8 Å². The average molecular weight is 505 g/mol. The molecule has 3 rings (SSSR count). The molecule has 1 amide bonds. The Morgan fingerprint density at radius 2 is 1.82 bits per heavy atom. The van der Waals surface area contributed by atoms with Crippen LogP contribution in [0.4, 0.5) is 10.8 Å². The molecular weight excluding hydrogens is 480 g/mol. The van der Waals surface area contributed by atoms with Gasteiger partial charge in [-0.2, -0.15) is 0 Å². The van der Waals surface area contributed by atoms with Gasteiger partial charge in [0, 0.05) is 22.8 Å². The summed E-state index contributed by atoms with van der Waals surface area (Å²) < 4.78 is 32.8. The van der Waals surface area contributed by atoms with Crippen LogP contribution in [-0.4, -0.2) is 31.0 Å². The Kier molecular flexibility index (Phi) is 8.75. The maximum atomic E-state index is 12.4. The van der Waals surface area contributed by atoms with Crippen molar-refractivity contribution in [3.8, 4) is 5.75 Å². The number of rotatable bonds is 10. The SMILES string of the molecule is CCCCCOc1ccc(C(=O)NC(=S)Nc2ccc(S(=O)(=O)Nc3nccs3)cc2)cc1. The number of benzene rings is 2. The van der Waals surface area contributed by atoms with Gasteiger partial charge in [-0.05, 0) is 67.2 Å². The quantitative estimate of drug-likeness (QED) is 0.273. The van der Waals surface area contributed by atoms with Crippen LogP contribution in [0.1, 0.15) is 36.5 Å². The zero-order valence-electron chi connectivity index (χ0n) is 17.9. The molecule has 0 saturated carbocycles. The highest BCUT2D eigenvalue weighted by Crippen LogP contribution is 2.19. The molecule has 0 aliphatic rings. The molecular formula is C22H24N4O4S3. The number of aromatic nitrogens is 1. The topological polar surface area (TPSA) is 109 Å². The van der Waals surface area contributed by atoms with E-state index in [1.54, 1.807) is 41.8 Å². The second-order valence-corrected chi connectivity index (χ2v) is 9.94. The Morgan fingerprint density at radius 3 is 2.45 bits per heavy atom. The molecule has 1 aromatic heterocycles. The van der Waals surface area contributed by atoms with E-state index in [4.69, 9.17) is 17.0 Å². The number of hydrogen-bond acceptors (Lipinski definition) is 7. The fourth-order valence-corrected chi connectivity index (χ4v) is 4.75. The predicted octanol–water partition coefficient (Wildman–Crippen LogP) is 4.64. The van der Waals surface area contributed by atoms with Crippen LogP contribution in [0.25, 0.3) is 0 Å². The molecule has 0 bridgehead atoms. The van der Waals surface area contributed by atoms with Crippen LogP contribution in [-0.2, 0) is 10.0 Å². The summed E-state index contributed by atoms with van der Waals surface area (Å²) in [5.74, 6) is 0.347. The Balaban J connectivity index is 1.51. The highest BCUT2D eigenvalue weighted by molar-refractivity contribution is 7.93. The zero-order chi connectivity index (χ0) is 23.7. The number of carbonyl (C=O) groups is 1. The minimum absolute atomic E-state index is 0.0789. The van der Waals surface area contributed by atoms with E-state index >= 15 is 0 Å². The van der Waals surface area contributed by atoms with E-state index in [9.17, 15) is 13.2 Å². The lowest BCUT2D eigenvalue weighted by Gasteiger charge is -2.11. The predicted molar refractivity (Wildman–Crippen MR) is 135 cm³/mol. The fourth-order valence-electron chi connectivity index (χ4n) is 2.75. The number of thiazole rings is 1. The molecule has 0 spiro atoms. The first-order valence-corrected chi connectivity index (χ1v) is 13.0. The Bertz CT molecular complexity index is 1160. The van der Waals surface area contributed by atoms with Crippen LogP contribution in [0.15, 0.2) is 65.0 Å². The molecule has 3 aromatic rings. The van der Waals surface area contributed by atoms with Gasteiger partial charge in [0.15, 0.2) is 10.2 Å². The second-order valence-electron chi connectivity index (χ2n) is 6.96. The largest absolute Gasteiger partial charge is 0.494 e. The number of hydrogen-bond donors (Lipinski definition) is 3. The molecule has 8 nitrogen and oxygen atoms in total. The molecule has 2 aromatic carbocycles. The molecule has 3 N–H and O–H groups in total. The molecule has 33 heavy (non-hydrogen) atoms. The summed E-state index contributed by atoms with van der Waals surface area (Å²) in [6, 6.07) is 12.8. The van der Waals surface area contributed by atoms with E-state index in [-0.39, 0.29) is 21.0 Å². The summed E-state index contributed by atoms with van der Waals surface area (Å²) >= 11 is 6.39. The van der Waals surface area contributed by atoms with Gasteiger partial charge in [0.2, 0.25) is 0 Å². The first-order chi connectivity index (χ1) is 15.9. The summed E-state index contributed by atoms with van der Waals surface area (Å²) in [6.07, 6.45) is 4.76. The highest BCUT2D eigenvalue weighted by atomic mass is 32.2. The van der Waals surface area contributed by atoms with E-state index in [0.717, 1.165) is 19.3 Å². The standard InChI is InChI=1S/C22H24N4O4S3/c1-2-3-4-14-30-18-9-5-16(6-10-18)20(27)25-21(31)24-17-7-11-19(12-8-17)33(28,29)26-22-23-13-15-32-22/h5-13,15H,2-4,14H2,1H3,(H,23,26)(H2,24,25,27,31). The van der Waals surface area contributed by atoms with Crippen LogP contribution >= 0.6 is 23.6 Å². The Labute approximate surface area is 202 Å². The van der Waals surface area contributed by atoms with Crippen LogP contribution in [0.5, 0.6) is 5.75 Å².